The number of nitrogens with one attached hydrogen (secondary N) is 1. The highest BCUT2D eigenvalue weighted by atomic mass is 16.5. The smallest absolute Gasteiger partial charge is 0.224 e. The van der Waals surface area contributed by atoms with Crippen molar-refractivity contribution in [1.29, 1.82) is 0 Å². The molecule has 0 fully saturated rings. The normalized spacial score (nSPS) is 11.1. The van der Waals surface area contributed by atoms with Gasteiger partial charge in [0.25, 0.3) is 0 Å². The summed E-state index contributed by atoms with van der Waals surface area (Å²) in [6, 6.07) is 5.55. The van der Waals surface area contributed by atoms with Gasteiger partial charge in [-0.05, 0) is 45.2 Å². The number of carbonyl (C=O) groups is 1. The maximum atomic E-state index is 12.5. The van der Waals surface area contributed by atoms with Crippen LogP contribution in [0.5, 0.6) is 11.5 Å². The number of carbonyl (C=O) groups excluding carboxylic acids is 1. The Labute approximate surface area is 171 Å². The first-order valence-electron chi connectivity index (χ1n) is 9.70. The number of ether oxygens (including phenoxy) is 2. The molecule has 7 nitrogen and oxygen atoms in total. The highest BCUT2D eigenvalue weighted by Gasteiger charge is 2.16. The van der Waals surface area contributed by atoms with Gasteiger partial charge < -0.3 is 14.8 Å². The topological polar surface area (TPSA) is 78.3 Å². The summed E-state index contributed by atoms with van der Waals surface area (Å²) < 4.78 is 12.4. The van der Waals surface area contributed by atoms with E-state index >= 15 is 0 Å². The summed E-state index contributed by atoms with van der Waals surface area (Å²) in [4.78, 5) is 17.3. The molecule has 0 aliphatic rings. The van der Waals surface area contributed by atoms with E-state index in [1.807, 2.05) is 17.8 Å². The van der Waals surface area contributed by atoms with E-state index in [1.165, 1.54) is 0 Å². The minimum Gasteiger partial charge on any atom is -0.497 e. The predicted molar refractivity (Wildman–Crippen MR) is 114 cm³/mol. The molecule has 3 rings (SSSR count). The van der Waals surface area contributed by atoms with Gasteiger partial charge in [0.05, 0.1) is 20.4 Å². The Morgan fingerprint density at radius 3 is 2.38 bits per heavy atom. The number of aromatic nitrogens is 3. The second kappa shape index (κ2) is 8.51. The molecule has 0 unspecified atom stereocenters. The second-order valence-electron chi connectivity index (χ2n) is 7.37. The molecule has 0 radical (unpaired) electrons. The van der Waals surface area contributed by atoms with E-state index < -0.39 is 0 Å². The molecule has 0 aliphatic heterocycles. The van der Waals surface area contributed by atoms with Crippen molar-refractivity contribution >= 4 is 22.6 Å². The third kappa shape index (κ3) is 4.34. The monoisotopic (exact) mass is 396 g/mol. The lowest BCUT2D eigenvalue weighted by molar-refractivity contribution is -0.116. The van der Waals surface area contributed by atoms with Crippen LogP contribution in [0, 0.1) is 13.8 Å². The lowest BCUT2D eigenvalue weighted by Crippen LogP contribution is -2.13. The van der Waals surface area contributed by atoms with Crippen molar-refractivity contribution in [3.8, 4) is 11.5 Å². The Morgan fingerprint density at radius 1 is 1.14 bits per heavy atom. The van der Waals surface area contributed by atoms with Crippen LogP contribution in [0.3, 0.4) is 0 Å². The number of methoxy groups -OCH3 is 2. The van der Waals surface area contributed by atoms with E-state index in [2.05, 4.69) is 31.2 Å². The number of hydrogen-bond acceptors (Lipinski definition) is 5. The largest absolute Gasteiger partial charge is 0.497 e. The molecule has 154 valence electrons. The van der Waals surface area contributed by atoms with Crippen LogP contribution in [0.25, 0.3) is 11.0 Å². The predicted octanol–water partition coefficient (Wildman–Crippen LogP) is 4.22. The van der Waals surface area contributed by atoms with Crippen LogP contribution < -0.4 is 14.8 Å². The second-order valence-corrected chi connectivity index (χ2v) is 7.37. The molecule has 7 heteroatoms. The number of benzene rings is 1. The van der Waals surface area contributed by atoms with Gasteiger partial charge >= 0.3 is 0 Å². The van der Waals surface area contributed by atoms with Crippen LogP contribution in [0.2, 0.25) is 0 Å². The van der Waals surface area contributed by atoms with Gasteiger partial charge in [-0.15, -0.1) is 0 Å². The molecular formula is C22H28N4O3. The van der Waals surface area contributed by atoms with E-state index in [-0.39, 0.29) is 11.9 Å². The SMILES string of the molecule is COc1cc(NC(=O)CCc2c(C)nc3c(cnn3C(C)C)c2C)cc(OC)c1. The maximum Gasteiger partial charge on any atom is 0.224 e. The molecule has 0 spiro atoms. The summed E-state index contributed by atoms with van der Waals surface area (Å²) in [6.45, 7) is 8.24. The van der Waals surface area contributed by atoms with E-state index in [9.17, 15) is 4.79 Å². The van der Waals surface area contributed by atoms with E-state index in [1.54, 1.807) is 32.4 Å². The van der Waals surface area contributed by atoms with Gasteiger partial charge in [-0.3, -0.25) is 4.79 Å². The Kier molecular flexibility index (Phi) is 6.06. The fourth-order valence-corrected chi connectivity index (χ4v) is 3.48. The van der Waals surface area contributed by atoms with Gasteiger partial charge in [0.2, 0.25) is 5.91 Å². The first-order chi connectivity index (χ1) is 13.8. The quantitative estimate of drug-likeness (QED) is 0.647. The van der Waals surface area contributed by atoms with Crippen molar-refractivity contribution in [3.63, 3.8) is 0 Å². The van der Waals surface area contributed by atoms with Crippen molar-refractivity contribution in [2.75, 3.05) is 19.5 Å². The molecule has 0 saturated carbocycles. The van der Waals surface area contributed by atoms with Crippen LogP contribution in [-0.4, -0.2) is 34.9 Å². The van der Waals surface area contributed by atoms with Crippen LogP contribution >= 0.6 is 0 Å². The Hall–Kier alpha value is -3.09. The average molecular weight is 396 g/mol. The average Bonchev–Trinajstić information content (AvgIpc) is 3.11. The molecule has 3 aromatic rings. The number of anilines is 1. The fourth-order valence-electron chi connectivity index (χ4n) is 3.48. The highest BCUT2D eigenvalue weighted by molar-refractivity contribution is 5.91. The molecule has 0 aliphatic carbocycles. The van der Waals surface area contributed by atoms with Crippen molar-refractivity contribution < 1.29 is 14.3 Å². The minimum absolute atomic E-state index is 0.0721. The van der Waals surface area contributed by atoms with Crippen LogP contribution in [0.1, 0.15) is 43.1 Å². The summed E-state index contributed by atoms with van der Waals surface area (Å²) in [6.07, 6.45) is 2.83. The molecule has 0 bridgehead atoms. The zero-order chi connectivity index (χ0) is 21.1. The first-order valence-corrected chi connectivity index (χ1v) is 9.70. The fraction of sp³-hybridized carbons (Fsp3) is 0.409. The third-order valence-corrected chi connectivity index (χ3v) is 5.06. The first kappa shape index (κ1) is 20.6. The van der Waals surface area contributed by atoms with Gasteiger partial charge in [0.1, 0.15) is 11.5 Å². The molecule has 2 aromatic heterocycles. The third-order valence-electron chi connectivity index (χ3n) is 5.06. The Balaban J connectivity index is 1.76. The Bertz CT molecular complexity index is 1020. The summed E-state index contributed by atoms with van der Waals surface area (Å²) in [5.41, 5.74) is 4.71. The zero-order valence-corrected chi connectivity index (χ0v) is 17.9. The zero-order valence-electron chi connectivity index (χ0n) is 17.9. The summed E-state index contributed by atoms with van der Waals surface area (Å²) >= 11 is 0. The van der Waals surface area contributed by atoms with Crippen molar-refractivity contribution in [3.05, 3.63) is 41.2 Å². The van der Waals surface area contributed by atoms with Crippen LogP contribution in [0.4, 0.5) is 5.69 Å². The molecule has 1 aromatic carbocycles. The van der Waals surface area contributed by atoms with Gasteiger partial charge in [-0.1, -0.05) is 0 Å². The standard InChI is InChI=1S/C22H28N4O3/c1-13(2)26-22-20(12-23-26)14(3)19(15(4)24-22)7-8-21(27)25-16-9-17(28-5)11-18(10-16)29-6/h9-13H,7-8H2,1-6H3,(H,25,27). The Morgan fingerprint density at radius 2 is 1.79 bits per heavy atom. The maximum absolute atomic E-state index is 12.5. The number of amides is 1. The summed E-state index contributed by atoms with van der Waals surface area (Å²) in [5.74, 6) is 1.18. The van der Waals surface area contributed by atoms with Crippen molar-refractivity contribution in [2.24, 2.45) is 0 Å². The van der Waals surface area contributed by atoms with E-state index in [0.29, 0.717) is 30.0 Å². The van der Waals surface area contributed by atoms with Gasteiger partial charge in [0, 0.05) is 47.4 Å². The molecule has 0 saturated heterocycles. The summed E-state index contributed by atoms with van der Waals surface area (Å²) in [7, 11) is 3.16. The molecule has 2 heterocycles. The van der Waals surface area contributed by atoms with Gasteiger partial charge in [0.15, 0.2) is 5.65 Å². The number of fused-ring (bicyclic) bond motifs is 1. The lowest BCUT2D eigenvalue weighted by atomic mass is 10.0. The molecule has 1 N–H and O–H groups in total. The number of nitrogens with zero attached hydrogens (tertiary/aromatic N) is 3. The molecule has 29 heavy (non-hydrogen) atoms. The number of pyridine rings is 1. The molecule has 1 amide bonds. The van der Waals surface area contributed by atoms with Crippen molar-refractivity contribution in [1.82, 2.24) is 14.8 Å². The van der Waals surface area contributed by atoms with Crippen LogP contribution in [-0.2, 0) is 11.2 Å². The number of aryl methyl sites for hydroxylation is 2. The molecular weight excluding hydrogens is 368 g/mol. The number of hydrogen-bond donors (Lipinski definition) is 1. The minimum atomic E-state index is -0.0721. The van der Waals surface area contributed by atoms with E-state index in [4.69, 9.17) is 14.5 Å². The number of rotatable bonds is 7. The van der Waals surface area contributed by atoms with Gasteiger partial charge in [-0.2, -0.15) is 5.10 Å². The summed E-state index contributed by atoms with van der Waals surface area (Å²) in [5, 5.41) is 8.43. The van der Waals surface area contributed by atoms with Crippen LogP contribution in [0.15, 0.2) is 24.4 Å². The van der Waals surface area contributed by atoms with Crippen molar-refractivity contribution in [2.45, 2.75) is 46.6 Å². The molecule has 0 atom stereocenters. The van der Waals surface area contributed by atoms with E-state index in [0.717, 1.165) is 27.9 Å². The highest BCUT2D eigenvalue weighted by Crippen LogP contribution is 2.27. The lowest BCUT2D eigenvalue weighted by Gasteiger charge is -2.13. The van der Waals surface area contributed by atoms with Gasteiger partial charge in [-0.25, -0.2) is 9.67 Å².